The third-order valence-corrected chi connectivity index (χ3v) is 2.43. The highest BCUT2D eigenvalue weighted by Crippen LogP contribution is 2.00. The van der Waals surface area contributed by atoms with Crippen molar-refractivity contribution in [1.29, 1.82) is 0 Å². The predicted octanol–water partition coefficient (Wildman–Crippen LogP) is 1.74. The second-order valence-corrected chi connectivity index (χ2v) is 5.10. The normalized spacial score (nSPS) is 12.1. The summed E-state index contributed by atoms with van der Waals surface area (Å²) in [5, 5.41) is 0. The van der Waals surface area contributed by atoms with Crippen molar-refractivity contribution in [1.82, 2.24) is 0 Å². The van der Waals surface area contributed by atoms with Gasteiger partial charge in [0.2, 0.25) is 0 Å². The predicted molar refractivity (Wildman–Crippen MR) is 66.0 cm³/mol. The van der Waals surface area contributed by atoms with Crippen LogP contribution in [-0.4, -0.2) is 27.9 Å². The standard InChI is InChI=1S/C12H16O4S/c1-17(13,14)16-10-6-5-9-15-11-12-7-3-2-4-8-12/h2-8H,9-11H2,1H3/b6-5-. The Morgan fingerprint density at radius 1 is 1.12 bits per heavy atom. The second kappa shape index (κ2) is 7.21. The highest BCUT2D eigenvalue weighted by Gasteiger charge is 1.97. The van der Waals surface area contributed by atoms with Crippen LogP contribution in [0.2, 0.25) is 0 Å². The Labute approximate surface area is 102 Å². The highest BCUT2D eigenvalue weighted by molar-refractivity contribution is 7.85. The SMILES string of the molecule is CS(=O)(=O)OC/C=C\COCc1ccccc1. The summed E-state index contributed by atoms with van der Waals surface area (Å²) in [6, 6.07) is 9.82. The van der Waals surface area contributed by atoms with E-state index in [4.69, 9.17) is 4.74 Å². The summed E-state index contributed by atoms with van der Waals surface area (Å²) >= 11 is 0. The molecule has 0 aliphatic carbocycles. The Hall–Kier alpha value is -1.17. The van der Waals surface area contributed by atoms with Gasteiger partial charge in [0.05, 0.1) is 26.1 Å². The van der Waals surface area contributed by atoms with Crippen LogP contribution in [0.25, 0.3) is 0 Å². The molecule has 0 amide bonds. The molecule has 17 heavy (non-hydrogen) atoms. The smallest absolute Gasteiger partial charge is 0.264 e. The van der Waals surface area contributed by atoms with E-state index in [-0.39, 0.29) is 6.61 Å². The number of hydrogen-bond acceptors (Lipinski definition) is 4. The van der Waals surface area contributed by atoms with Gasteiger partial charge in [0, 0.05) is 0 Å². The Morgan fingerprint density at radius 3 is 2.41 bits per heavy atom. The fourth-order valence-corrected chi connectivity index (χ4v) is 1.44. The summed E-state index contributed by atoms with van der Waals surface area (Å²) in [5.74, 6) is 0. The quantitative estimate of drug-likeness (QED) is 0.423. The number of rotatable bonds is 7. The molecule has 1 aromatic carbocycles. The van der Waals surface area contributed by atoms with E-state index in [0.717, 1.165) is 11.8 Å². The molecule has 0 aliphatic rings. The summed E-state index contributed by atoms with van der Waals surface area (Å²) in [4.78, 5) is 0. The largest absolute Gasteiger partial charge is 0.373 e. The van der Waals surface area contributed by atoms with Gasteiger partial charge >= 0.3 is 0 Å². The van der Waals surface area contributed by atoms with Crippen molar-refractivity contribution < 1.29 is 17.3 Å². The van der Waals surface area contributed by atoms with Crippen molar-refractivity contribution in [3.63, 3.8) is 0 Å². The zero-order chi connectivity index (χ0) is 12.6. The first-order valence-electron chi connectivity index (χ1n) is 5.19. The van der Waals surface area contributed by atoms with Crippen LogP contribution in [0.3, 0.4) is 0 Å². The lowest BCUT2D eigenvalue weighted by Gasteiger charge is -2.00. The zero-order valence-corrected chi connectivity index (χ0v) is 10.5. The molecule has 0 heterocycles. The number of ether oxygens (including phenoxy) is 1. The monoisotopic (exact) mass is 256 g/mol. The van der Waals surface area contributed by atoms with E-state index >= 15 is 0 Å². The van der Waals surface area contributed by atoms with Crippen LogP contribution in [-0.2, 0) is 25.6 Å². The Morgan fingerprint density at radius 2 is 1.76 bits per heavy atom. The molecule has 0 spiro atoms. The van der Waals surface area contributed by atoms with Crippen molar-refractivity contribution in [2.75, 3.05) is 19.5 Å². The van der Waals surface area contributed by atoms with Gasteiger partial charge in [-0.2, -0.15) is 8.42 Å². The minimum absolute atomic E-state index is 0.0491. The second-order valence-electron chi connectivity index (χ2n) is 3.46. The Balaban J connectivity index is 2.10. The van der Waals surface area contributed by atoms with Crippen LogP contribution in [0.4, 0.5) is 0 Å². The molecule has 0 N–H and O–H groups in total. The lowest BCUT2D eigenvalue weighted by Crippen LogP contribution is -2.02. The van der Waals surface area contributed by atoms with E-state index < -0.39 is 10.1 Å². The molecule has 1 aromatic rings. The molecule has 0 saturated heterocycles. The first-order chi connectivity index (χ1) is 8.08. The summed E-state index contributed by atoms with van der Waals surface area (Å²) in [6.07, 6.45) is 4.37. The van der Waals surface area contributed by atoms with Crippen molar-refractivity contribution in [3.05, 3.63) is 48.0 Å². The summed E-state index contributed by atoms with van der Waals surface area (Å²) in [6.45, 7) is 1.02. The maximum absolute atomic E-state index is 10.6. The van der Waals surface area contributed by atoms with Crippen molar-refractivity contribution >= 4 is 10.1 Å². The van der Waals surface area contributed by atoms with Crippen LogP contribution in [0, 0.1) is 0 Å². The topological polar surface area (TPSA) is 52.6 Å². The van der Waals surface area contributed by atoms with Gasteiger partial charge in [-0.3, -0.25) is 4.18 Å². The van der Waals surface area contributed by atoms with E-state index in [1.807, 2.05) is 30.3 Å². The highest BCUT2D eigenvalue weighted by atomic mass is 32.2. The van der Waals surface area contributed by atoms with Gasteiger partial charge in [0.1, 0.15) is 0 Å². The number of hydrogen-bond donors (Lipinski definition) is 0. The van der Waals surface area contributed by atoms with E-state index in [9.17, 15) is 8.42 Å². The van der Waals surface area contributed by atoms with E-state index in [0.29, 0.717) is 13.2 Å². The van der Waals surface area contributed by atoms with E-state index in [1.165, 1.54) is 0 Å². The van der Waals surface area contributed by atoms with Gasteiger partial charge < -0.3 is 4.74 Å². The molecule has 0 unspecified atom stereocenters. The first-order valence-corrected chi connectivity index (χ1v) is 7.00. The molecule has 0 bridgehead atoms. The van der Waals surface area contributed by atoms with Crippen LogP contribution in [0.5, 0.6) is 0 Å². The average molecular weight is 256 g/mol. The third kappa shape index (κ3) is 7.68. The molecule has 94 valence electrons. The zero-order valence-electron chi connectivity index (χ0n) is 9.70. The maximum Gasteiger partial charge on any atom is 0.264 e. The van der Waals surface area contributed by atoms with Gasteiger partial charge in [0.25, 0.3) is 10.1 Å². The third-order valence-electron chi connectivity index (χ3n) is 1.87. The van der Waals surface area contributed by atoms with E-state index in [2.05, 4.69) is 4.18 Å². The van der Waals surface area contributed by atoms with Crippen molar-refractivity contribution in [3.8, 4) is 0 Å². The van der Waals surface area contributed by atoms with Crippen LogP contribution < -0.4 is 0 Å². The van der Waals surface area contributed by atoms with Gasteiger partial charge in [-0.05, 0) is 5.56 Å². The molecular weight excluding hydrogens is 240 g/mol. The average Bonchev–Trinajstić information content (AvgIpc) is 2.28. The maximum atomic E-state index is 10.6. The summed E-state index contributed by atoms with van der Waals surface area (Å²) < 4.78 is 31.1. The molecule has 1 rings (SSSR count). The molecule has 4 nitrogen and oxygen atoms in total. The fraction of sp³-hybridized carbons (Fsp3) is 0.333. The summed E-state index contributed by atoms with van der Waals surface area (Å²) in [5.41, 5.74) is 1.10. The number of benzene rings is 1. The Kier molecular flexibility index (Phi) is 5.90. The van der Waals surface area contributed by atoms with Crippen LogP contribution in [0.15, 0.2) is 42.5 Å². The van der Waals surface area contributed by atoms with Crippen molar-refractivity contribution in [2.45, 2.75) is 6.61 Å². The molecule has 0 fully saturated rings. The molecule has 0 aliphatic heterocycles. The van der Waals surface area contributed by atoms with Gasteiger partial charge in [-0.1, -0.05) is 42.5 Å². The first kappa shape index (κ1) is 13.9. The van der Waals surface area contributed by atoms with Gasteiger partial charge in [-0.25, -0.2) is 0 Å². The molecule has 0 aromatic heterocycles. The van der Waals surface area contributed by atoms with Gasteiger partial charge in [-0.15, -0.1) is 0 Å². The van der Waals surface area contributed by atoms with Crippen LogP contribution in [0.1, 0.15) is 5.56 Å². The minimum Gasteiger partial charge on any atom is -0.373 e. The lowest BCUT2D eigenvalue weighted by atomic mass is 10.2. The van der Waals surface area contributed by atoms with Gasteiger partial charge in [0.15, 0.2) is 0 Å². The molecule has 0 radical (unpaired) electrons. The summed E-state index contributed by atoms with van der Waals surface area (Å²) in [7, 11) is -3.35. The minimum atomic E-state index is -3.35. The van der Waals surface area contributed by atoms with E-state index in [1.54, 1.807) is 12.2 Å². The molecule has 0 saturated carbocycles. The lowest BCUT2D eigenvalue weighted by molar-refractivity contribution is 0.148. The van der Waals surface area contributed by atoms with Crippen molar-refractivity contribution in [2.24, 2.45) is 0 Å². The molecule has 0 atom stereocenters. The van der Waals surface area contributed by atoms with Crippen LogP contribution >= 0.6 is 0 Å². The Bertz CT molecular complexity index is 437. The molecule has 5 heteroatoms. The molecular formula is C12H16O4S. The fourth-order valence-electron chi connectivity index (χ4n) is 1.12.